The molecule has 0 saturated carbocycles. The lowest BCUT2D eigenvalue weighted by Crippen LogP contribution is -2.16. The Bertz CT molecular complexity index is 1200. The maximum absolute atomic E-state index is 13.0. The standard InChI is InChI=1S/C21H23ClN4O4S/c1-13(2)20-17(12-23-26(20)16-8-5-14(22)6-9-16)21(27)24-15-7-10-19(30-3)18(11-15)25-31(4,28)29/h5-13,25H,1-4H3,(H,24,27). The summed E-state index contributed by atoms with van der Waals surface area (Å²) in [5.41, 5.74) is 2.58. The van der Waals surface area contributed by atoms with Gasteiger partial charge in [-0.3, -0.25) is 9.52 Å². The van der Waals surface area contributed by atoms with Crippen molar-refractivity contribution >= 4 is 38.9 Å². The number of aromatic nitrogens is 2. The van der Waals surface area contributed by atoms with Crippen molar-refractivity contribution in [1.82, 2.24) is 9.78 Å². The zero-order valence-electron chi connectivity index (χ0n) is 17.5. The van der Waals surface area contributed by atoms with Crippen molar-refractivity contribution in [2.75, 3.05) is 23.4 Å². The normalized spacial score (nSPS) is 11.4. The summed E-state index contributed by atoms with van der Waals surface area (Å²) in [5.74, 6) is -0.0153. The summed E-state index contributed by atoms with van der Waals surface area (Å²) < 4.78 is 32.5. The first-order chi connectivity index (χ1) is 14.6. The molecule has 2 N–H and O–H groups in total. The van der Waals surface area contributed by atoms with Gasteiger partial charge in [0.15, 0.2) is 0 Å². The summed E-state index contributed by atoms with van der Waals surface area (Å²) in [6.45, 7) is 3.95. The van der Waals surface area contributed by atoms with Crippen molar-refractivity contribution in [2.24, 2.45) is 0 Å². The summed E-state index contributed by atoms with van der Waals surface area (Å²) in [4.78, 5) is 13.0. The van der Waals surface area contributed by atoms with Crippen LogP contribution in [0.4, 0.5) is 11.4 Å². The second kappa shape index (κ2) is 8.99. The SMILES string of the molecule is COc1ccc(NC(=O)c2cnn(-c3ccc(Cl)cc3)c2C(C)C)cc1NS(C)(=O)=O. The highest BCUT2D eigenvalue weighted by molar-refractivity contribution is 7.92. The van der Waals surface area contributed by atoms with E-state index in [1.165, 1.54) is 19.4 Å². The van der Waals surface area contributed by atoms with Crippen LogP contribution in [-0.2, 0) is 10.0 Å². The lowest BCUT2D eigenvalue weighted by atomic mass is 10.0. The molecule has 10 heteroatoms. The van der Waals surface area contributed by atoms with Gasteiger partial charge in [0.25, 0.3) is 5.91 Å². The van der Waals surface area contributed by atoms with E-state index in [1.807, 2.05) is 26.0 Å². The van der Waals surface area contributed by atoms with Crippen molar-refractivity contribution in [3.63, 3.8) is 0 Å². The molecule has 0 aliphatic rings. The summed E-state index contributed by atoms with van der Waals surface area (Å²) in [7, 11) is -2.09. The number of rotatable bonds is 7. The molecule has 2 aromatic carbocycles. The van der Waals surface area contributed by atoms with Crippen LogP contribution >= 0.6 is 11.6 Å². The van der Waals surface area contributed by atoms with Gasteiger partial charge in [0, 0.05) is 10.7 Å². The zero-order chi connectivity index (χ0) is 22.8. The number of hydrogen-bond donors (Lipinski definition) is 2. The van der Waals surface area contributed by atoms with Gasteiger partial charge in [0.05, 0.1) is 42.2 Å². The molecule has 1 heterocycles. The molecule has 0 aliphatic carbocycles. The molecule has 3 rings (SSSR count). The summed E-state index contributed by atoms with van der Waals surface area (Å²) in [6.07, 6.45) is 2.55. The Kier molecular flexibility index (Phi) is 6.56. The van der Waals surface area contributed by atoms with Crippen LogP contribution < -0.4 is 14.8 Å². The van der Waals surface area contributed by atoms with Crippen LogP contribution in [0, 0.1) is 0 Å². The second-order valence-corrected chi connectivity index (χ2v) is 9.41. The molecule has 0 atom stereocenters. The average Bonchev–Trinajstić information content (AvgIpc) is 3.13. The van der Waals surface area contributed by atoms with Gasteiger partial charge in [-0.05, 0) is 48.4 Å². The van der Waals surface area contributed by atoms with E-state index in [-0.39, 0.29) is 17.5 Å². The summed E-state index contributed by atoms with van der Waals surface area (Å²) >= 11 is 5.98. The van der Waals surface area contributed by atoms with Gasteiger partial charge in [0.2, 0.25) is 10.0 Å². The molecular weight excluding hydrogens is 440 g/mol. The summed E-state index contributed by atoms with van der Waals surface area (Å²) in [5, 5.41) is 7.80. The van der Waals surface area contributed by atoms with E-state index < -0.39 is 10.0 Å². The van der Waals surface area contributed by atoms with E-state index in [4.69, 9.17) is 16.3 Å². The van der Waals surface area contributed by atoms with Gasteiger partial charge >= 0.3 is 0 Å². The highest BCUT2D eigenvalue weighted by Gasteiger charge is 2.21. The third-order valence-corrected chi connectivity index (χ3v) is 5.26. The van der Waals surface area contributed by atoms with Gasteiger partial charge in [-0.15, -0.1) is 0 Å². The highest BCUT2D eigenvalue weighted by Crippen LogP contribution is 2.30. The third kappa shape index (κ3) is 5.36. The minimum Gasteiger partial charge on any atom is -0.495 e. The smallest absolute Gasteiger partial charge is 0.259 e. The first kappa shape index (κ1) is 22.6. The van der Waals surface area contributed by atoms with Gasteiger partial charge in [0.1, 0.15) is 5.75 Å². The van der Waals surface area contributed by atoms with Gasteiger partial charge in [-0.1, -0.05) is 25.4 Å². The monoisotopic (exact) mass is 462 g/mol. The van der Waals surface area contributed by atoms with Crippen LogP contribution in [0.5, 0.6) is 5.75 Å². The number of ether oxygens (including phenoxy) is 1. The number of carbonyl (C=O) groups is 1. The third-order valence-electron chi connectivity index (χ3n) is 4.42. The maximum atomic E-state index is 13.0. The maximum Gasteiger partial charge on any atom is 0.259 e. The number of anilines is 2. The number of hydrogen-bond acceptors (Lipinski definition) is 5. The van der Waals surface area contributed by atoms with E-state index >= 15 is 0 Å². The van der Waals surface area contributed by atoms with Gasteiger partial charge in [-0.2, -0.15) is 5.10 Å². The fourth-order valence-electron chi connectivity index (χ4n) is 3.14. The molecule has 1 aromatic heterocycles. The lowest BCUT2D eigenvalue weighted by molar-refractivity contribution is 0.102. The van der Waals surface area contributed by atoms with E-state index in [1.54, 1.807) is 28.9 Å². The number of carbonyl (C=O) groups excluding carboxylic acids is 1. The molecule has 0 unspecified atom stereocenters. The van der Waals surface area contributed by atoms with E-state index in [0.717, 1.165) is 17.6 Å². The van der Waals surface area contributed by atoms with Crippen molar-refractivity contribution in [1.29, 1.82) is 0 Å². The predicted molar refractivity (Wildman–Crippen MR) is 122 cm³/mol. The van der Waals surface area contributed by atoms with Crippen LogP contribution in [0.3, 0.4) is 0 Å². The molecule has 31 heavy (non-hydrogen) atoms. The van der Waals surface area contributed by atoms with Crippen LogP contribution in [-0.4, -0.2) is 37.5 Å². The Morgan fingerprint density at radius 2 is 1.84 bits per heavy atom. The first-order valence-corrected chi connectivity index (χ1v) is 11.7. The number of amides is 1. The highest BCUT2D eigenvalue weighted by atomic mass is 35.5. The van der Waals surface area contributed by atoms with Gasteiger partial charge < -0.3 is 10.1 Å². The number of benzene rings is 2. The molecule has 164 valence electrons. The first-order valence-electron chi connectivity index (χ1n) is 9.40. The average molecular weight is 463 g/mol. The van der Waals surface area contributed by atoms with Crippen molar-refractivity contribution < 1.29 is 17.9 Å². The van der Waals surface area contributed by atoms with Crippen LogP contribution in [0.2, 0.25) is 5.02 Å². The van der Waals surface area contributed by atoms with E-state index in [2.05, 4.69) is 15.1 Å². The molecule has 0 aliphatic heterocycles. The fourth-order valence-corrected chi connectivity index (χ4v) is 3.83. The number of nitrogens with zero attached hydrogens (tertiary/aromatic N) is 2. The Hall–Kier alpha value is -3.04. The molecule has 0 saturated heterocycles. The Labute approximate surface area is 186 Å². The van der Waals surface area contributed by atoms with Crippen LogP contribution in [0.1, 0.15) is 35.8 Å². The molecule has 0 radical (unpaired) electrons. The Balaban J connectivity index is 1.94. The van der Waals surface area contributed by atoms with Crippen molar-refractivity contribution in [3.05, 3.63) is 64.9 Å². The van der Waals surface area contributed by atoms with Crippen LogP contribution in [0.25, 0.3) is 5.69 Å². The Morgan fingerprint density at radius 3 is 2.42 bits per heavy atom. The molecule has 8 nitrogen and oxygen atoms in total. The number of halogens is 1. The quantitative estimate of drug-likeness (QED) is 0.545. The molecule has 0 spiro atoms. The molecule has 0 fully saturated rings. The lowest BCUT2D eigenvalue weighted by Gasteiger charge is -2.14. The molecule has 0 bridgehead atoms. The van der Waals surface area contributed by atoms with Gasteiger partial charge in [-0.25, -0.2) is 13.1 Å². The largest absolute Gasteiger partial charge is 0.495 e. The number of nitrogens with one attached hydrogen (secondary N) is 2. The molecular formula is C21H23ClN4O4S. The minimum atomic E-state index is -3.52. The fraction of sp³-hybridized carbons (Fsp3) is 0.238. The van der Waals surface area contributed by atoms with Crippen LogP contribution in [0.15, 0.2) is 48.7 Å². The minimum absolute atomic E-state index is 0.0113. The summed E-state index contributed by atoms with van der Waals surface area (Å²) in [6, 6.07) is 11.9. The Morgan fingerprint density at radius 1 is 1.16 bits per heavy atom. The van der Waals surface area contributed by atoms with Crippen molar-refractivity contribution in [3.8, 4) is 11.4 Å². The predicted octanol–water partition coefficient (Wildman–Crippen LogP) is 4.28. The van der Waals surface area contributed by atoms with E-state index in [0.29, 0.717) is 22.0 Å². The molecule has 1 amide bonds. The number of sulfonamides is 1. The molecule has 3 aromatic rings. The second-order valence-electron chi connectivity index (χ2n) is 7.23. The topological polar surface area (TPSA) is 102 Å². The number of methoxy groups -OCH3 is 1. The zero-order valence-corrected chi connectivity index (χ0v) is 19.1. The van der Waals surface area contributed by atoms with Crippen molar-refractivity contribution in [2.45, 2.75) is 19.8 Å². The van der Waals surface area contributed by atoms with E-state index in [9.17, 15) is 13.2 Å².